The Labute approximate surface area is 151 Å². The van der Waals surface area contributed by atoms with Crippen molar-refractivity contribution in [3.8, 4) is 11.5 Å². The molecule has 0 unspecified atom stereocenters. The molecule has 26 heavy (non-hydrogen) atoms. The molecule has 0 spiro atoms. The maximum Gasteiger partial charge on any atom is 0.387 e. The lowest BCUT2D eigenvalue weighted by Gasteiger charge is -2.18. The molecule has 0 saturated carbocycles. The first-order valence-corrected chi connectivity index (χ1v) is 8.04. The van der Waals surface area contributed by atoms with Gasteiger partial charge in [-0.3, -0.25) is 9.69 Å². The van der Waals surface area contributed by atoms with Crippen molar-refractivity contribution in [2.45, 2.75) is 20.1 Å². The summed E-state index contributed by atoms with van der Waals surface area (Å²) in [5.41, 5.74) is 2.63. The third kappa shape index (κ3) is 6.00. The summed E-state index contributed by atoms with van der Waals surface area (Å²) >= 11 is 0. The number of ether oxygens (including phenoxy) is 2. The van der Waals surface area contributed by atoms with E-state index < -0.39 is 6.61 Å². The summed E-state index contributed by atoms with van der Waals surface area (Å²) in [6.07, 6.45) is 0. The maximum atomic E-state index is 12.4. The Bertz CT molecular complexity index is 753. The Morgan fingerprint density at radius 2 is 1.96 bits per heavy atom. The van der Waals surface area contributed by atoms with E-state index in [4.69, 9.17) is 4.74 Å². The van der Waals surface area contributed by atoms with E-state index in [-0.39, 0.29) is 24.0 Å². The monoisotopic (exact) mass is 364 g/mol. The number of hydrogen-bond acceptors (Lipinski definition) is 4. The van der Waals surface area contributed by atoms with Gasteiger partial charge >= 0.3 is 6.61 Å². The summed E-state index contributed by atoms with van der Waals surface area (Å²) in [5, 5.41) is 2.84. The van der Waals surface area contributed by atoms with Gasteiger partial charge in [-0.2, -0.15) is 8.78 Å². The Kier molecular flexibility index (Phi) is 6.91. The molecule has 0 aromatic heterocycles. The van der Waals surface area contributed by atoms with Crippen LogP contribution in [-0.2, 0) is 11.3 Å². The third-order valence-electron chi connectivity index (χ3n) is 3.61. The van der Waals surface area contributed by atoms with Crippen LogP contribution in [0.25, 0.3) is 0 Å². The van der Waals surface area contributed by atoms with Gasteiger partial charge in [0.1, 0.15) is 0 Å². The van der Waals surface area contributed by atoms with Crippen molar-refractivity contribution in [3.63, 3.8) is 0 Å². The van der Waals surface area contributed by atoms with Gasteiger partial charge in [0.25, 0.3) is 0 Å². The quantitative estimate of drug-likeness (QED) is 0.776. The number of methoxy groups -OCH3 is 1. The minimum atomic E-state index is -2.91. The van der Waals surface area contributed by atoms with Crippen LogP contribution in [0.2, 0.25) is 0 Å². The first-order chi connectivity index (χ1) is 12.4. The second-order valence-corrected chi connectivity index (χ2v) is 5.95. The fourth-order valence-electron chi connectivity index (χ4n) is 2.54. The van der Waals surface area contributed by atoms with Crippen LogP contribution >= 0.6 is 0 Å². The predicted octanol–water partition coefficient (Wildman–Crippen LogP) is 3.68. The minimum absolute atomic E-state index is 0.0221. The molecule has 0 fully saturated rings. The highest BCUT2D eigenvalue weighted by molar-refractivity contribution is 5.92. The van der Waals surface area contributed by atoms with Crippen molar-refractivity contribution in [1.29, 1.82) is 0 Å². The zero-order valence-corrected chi connectivity index (χ0v) is 15.0. The highest BCUT2D eigenvalue weighted by Gasteiger charge is 2.13. The molecule has 5 nitrogen and oxygen atoms in total. The molecule has 0 bridgehead atoms. The standard InChI is InChI=1S/C19H22F2N2O3/c1-13-5-4-6-15(9-13)22-18(24)12-23(2)11-14-7-8-16(26-19(20)21)17(10-14)25-3/h4-10,19H,11-12H2,1-3H3,(H,22,24). The number of nitrogens with one attached hydrogen (secondary N) is 1. The van der Waals surface area contributed by atoms with Crippen LogP contribution < -0.4 is 14.8 Å². The summed E-state index contributed by atoms with van der Waals surface area (Å²) in [7, 11) is 3.18. The molecular weight excluding hydrogens is 342 g/mol. The smallest absolute Gasteiger partial charge is 0.387 e. The van der Waals surface area contributed by atoms with E-state index in [0.717, 1.165) is 16.8 Å². The lowest BCUT2D eigenvalue weighted by molar-refractivity contribution is -0.117. The number of anilines is 1. The number of nitrogens with zero attached hydrogens (tertiary/aromatic N) is 1. The average molecular weight is 364 g/mol. The molecule has 0 saturated heterocycles. The number of benzene rings is 2. The van der Waals surface area contributed by atoms with E-state index in [0.29, 0.717) is 6.54 Å². The van der Waals surface area contributed by atoms with E-state index in [2.05, 4.69) is 10.1 Å². The van der Waals surface area contributed by atoms with Gasteiger partial charge in [-0.25, -0.2) is 0 Å². The fraction of sp³-hybridized carbons (Fsp3) is 0.316. The van der Waals surface area contributed by atoms with Crippen LogP contribution in [0, 0.1) is 6.92 Å². The molecule has 0 aliphatic carbocycles. The normalized spacial score (nSPS) is 10.9. The van der Waals surface area contributed by atoms with Gasteiger partial charge in [-0.05, 0) is 49.4 Å². The number of amides is 1. The number of likely N-dealkylation sites (N-methyl/N-ethyl adjacent to an activating group) is 1. The number of aryl methyl sites for hydroxylation is 1. The molecule has 0 aliphatic rings. The van der Waals surface area contributed by atoms with Crippen molar-refractivity contribution < 1.29 is 23.0 Å². The van der Waals surface area contributed by atoms with Crippen molar-refractivity contribution >= 4 is 11.6 Å². The third-order valence-corrected chi connectivity index (χ3v) is 3.61. The molecule has 2 aromatic rings. The summed E-state index contributed by atoms with van der Waals surface area (Å²) in [4.78, 5) is 14.0. The first kappa shape index (κ1) is 19.7. The Morgan fingerprint density at radius 3 is 2.62 bits per heavy atom. The number of carbonyl (C=O) groups excluding carboxylic acids is 1. The van der Waals surface area contributed by atoms with Crippen molar-refractivity contribution in [2.75, 3.05) is 26.0 Å². The largest absolute Gasteiger partial charge is 0.493 e. The summed E-state index contributed by atoms with van der Waals surface area (Å²) < 4.78 is 34.2. The van der Waals surface area contributed by atoms with E-state index in [1.807, 2.05) is 36.1 Å². The Hall–Kier alpha value is -2.67. The average Bonchev–Trinajstić information content (AvgIpc) is 2.55. The molecule has 0 radical (unpaired) electrons. The lowest BCUT2D eigenvalue weighted by atomic mass is 10.2. The van der Waals surface area contributed by atoms with Gasteiger partial charge in [-0.15, -0.1) is 0 Å². The second kappa shape index (κ2) is 9.15. The van der Waals surface area contributed by atoms with Gasteiger partial charge in [0.05, 0.1) is 13.7 Å². The van der Waals surface area contributed by atoms with Gasteiger partial charge in [0.15, 0.2) is 11.5 Å². The highest BCUT2D eigenvalue weighted by atomic mass is 19.3. The number of alkyl halides is 2. The fourth-order valence-corrected chi connectivity index (χ4v) is 2.54. The van der Waals surface area contributed by atoms with Crippen LogP contribution in [0.5, 0.6) is 11.5 Å². The number of hydrogen-bond donors (Lipinski definition) is 1. The van der Waals surface area contributed by atoms with Gasteiger partial charge < -0.3 is 14.8 Å². The van der Waals surface area contributed by atoms with E-state index in [1.54, 1.807) is 19.2 Å². The Morgan fingerprint density at radius 1 is 1.19 bits per heavy atom. The predicted molar refractivity (Wildman–Crippen MR) is 95.8 cm³/mol. The molecule has 0 aliphatic heterocycles. The van der Waals surface area contributed by atoms with E-state index in [1.165, 1.54) is 13.2 Å². The molecule has 2 rings (SSSR count). The van der Waals surface area contributed by atoms with Crippen LogP contribution in [0.3, 0.4) is 0 Å². The van der Waals surface area contributed by atoms with Crippen LogP contribution in [-0.4, -0.2) is 38.1 Å². The molecular formula is C19H22F2N2O3. The minimum Gasteiger partial charge on any atom is -0.493 e. The molecule has 2 aromatic carbocycles. The number of halogens is 2. The molecule has 0 heterocycles. The molecule has 1 amide bonds. The topological polar surface area (TPSA) is 50.8 Å². The van der Waals surface area contributed by atoms with Gasteiger partial charge in [0, 0.05) is 12.2 Å². The van der Waals surface area contributed by atoms with Crippen LogP contribution in [0.4, 0.5) is 14.5 Å². The van der Waals surface area contributed by atoms with E-state index in [9.17, 15) is 13.6 Å². The molecule has 1 N–H and O–H groups in total. The molecule has 140 valence electrons. The summed E-state index contributed by atoms with van der Waals surface area (Å²) in [6, 6.07) is 12.3. The lowest BCUT2D eigenvalue weighted by Crippen LogP contribution is -2.29. The second-order valence-electron chi connectivity index (χ2n) is 5.95. The molecule has 0 atom stereocenters. The van der Waals surface area contributed by atoms with Gasteiger partial charge in [-0.1, -0.05) is 18.2 Å². The van der Waals surface area contributed by atoms with E-state index >= 15 is 0 Å². The summed E-state index contributed by atoms with van der Waals surface area (Å²) in [6.45, 7) is -0.322. The number of carbonyl (C=O) groups is 1. The molecule has 7 heteroatoms. The van der Waals surface area contributed by atoms with Crippen molar-refractivity contribution in [3.05, 3.63) is 53.6 Å². The first-order valence-electron chi connectivity index (χ1n) is 8.04. The maximum absolute atomic E-state index is 12.4. The van der Waals surface area contributed by atoms with Crippen LogP contribution in [0.1, 0.15) is 11.1 Å². The van der Waals surface area contributed by atoms with Gasteiger partial charge in [0.2, 0.25) is 5.91 Å². The zero-order chi connectivity index (χ0) is 19.1. The van der Waals surface area contributed by atoms with Crippen LogP contribution in [0.15, 0.2) is 42.5 Å². The highest BCUT2D eigenvalue weighted by Crippen LogP contribution is 2.29. The van der Waals surface area contributed by atoms with Crippen molar-refractivity contribution in [1.82, 2.24) is 4.90 Å². The Balaban J connectivity index is 1.94. The zero-order valence-electron chi connectivity index (χ0n) is 15.0. The number of rotatable bonds is 8. The SMILES string of the molecule is COc1cc(CN(C)CC(=O)Nc2cccc(C)c2)ccc1OC(F)F. The summed E-state index contributed by atoms with van der Waals surface area (Å²) in [5.74, 6) is 0.0641. The van der Waals surface area contributed by atoms with Crippen molar-refractivity contribution in [2.24, 2.45) is 0 Å².